The molecule has 0 spiro atoms. The van der Waals surface area contributed by atoms with Crippen LogP contribution in [0.3, 0.4) is 0 Å². The van der Waals surface area contributed by atoms with Crippen LogP contribution in [0.4, 0.5) is 5.69 Å². The number of aromatic nitrogens is 1. The first-order valence-electron chi connectivity index (χ1n) is 6.14. The number of aryl methyl sites for hydroxylation is 2. The Balaban J connectivity index is 2.20. The summed E-state index contributed by atoms with van der Waals surface area (Å²) in [5, 5.41) is 3.46. The first kappa shape index (κ1) is 12.6. The SMILES string of the molecule is Cc1cc(C)cc(NC(CN)c2cccnc2)c1. The molecule has 3 N–H and O–H groups in total. The van der Waals surface area contributed by atoms with Crippen LogP contribution in [0.15, 0.2) is 42.7 Å². The molecule has 94 valence electrons. The van der Waals surface area contributed by atoms with Gasteiger partial charge >= 0.3 is 0 Å². The molecule has 0 aliphatic heterocycles. The highest BCUT2D eigenvalue weighted by Crippen LogP contribution is 2.20. The van der Waals surface area contributed by atoms with E-state index in [9.17, 15) is 0 Å². The maximum Gasteiger partial charge on any atom is 0.0651 e. The molecule has 2 rings (SSSR count). The lowest BCUT2D eigenvalue weighted by molar-refractivity contribution is 0.784. The second kappa shape index (κ2) is 5.65. The minimum atomic E-state index is 0.0971. The van der Waals surface area contributed by atoms with E-state index in [2.05, 4.69) is 42.3 Å². The van der Waals surface area contributed by atoms with E-state index in [1.807, 2.05) is 18.3 Å². The number of nitrogens with one attached hydrogen (secondary N) is 1. The third-order valence-corrected chi connectivity index (χ3v) is 2.89. The molecule has 1 heterocycles. The summed E-state index contributed by atoms with van der Waals surface area (Å²) in [7, 11) is 0. The van der Waals surface area contributed by atoms with Crippen LogP contribution in [0.2, 0.25) is 0 Å². The average molecular weight is 241 g/mol. The standard InChI is InChI=1S/C15H19N3/c1-11-6-12(2)8-14(7-11)18-15(9-16)13-4-3-5-17-10-13/h3-8,10,15,18H,9,16H2,1-2H3. The average Bonchev–Trinajstić information content (AvgIpc) is 2.36. The summed E-state index contributed by atoms with van der Waals surface area (Å²) >= 11 is 0. The van der Waals surface area contributed by atoms with Crippen LogP contribution in [-0.4, -0.2) is 11.5 Å². The molecule has 3 heteroatoms. The summed E-state index contributed by atoms with van der Waals surface area (Å²) in [5.74, 6) is 0. The van der Waals surface area contributed by atoms with Gasteiger partial charge in [-0.15, -0.1) is 0 Å². The van der Waals surface area contributed by atoms with Gasteiger partial charge in [-0.05, 0) is 48.7 Å². The largest absolute Gasteiger partial charge is 0.377 e. The van der Waals surface area contributed by atoms with Crippen molar-refractivity contribution in [2.75, 3.05) is 11.9 Å². The molecular weight excluding hydrogens is 222 g/mol. The van der Waals surface area contributed by atoms with Crippen molar-refractivity contribution < 1.29 is 0 Å². The smallest absolute Gasteiger partial charge is 0.0651 e. The predicted octanol–water partition coefficient (Wildman–Crippen LogP) is 2.81. The van der Waals surface area contributed by atoms with Crippen LogP contribution in [0.25, 0.3) is 0 Å². The van der Waals surface area contributed by atoms with Gasteiger partial charge in [-0.1, -0.05) is 12.1 Å². The first-order valence-corrected chi connectivity index (χ1v) is 6.14. The molecule has 1 aromatic heterocycles. The molecule has 0 bridgehead atoms. The summed E-state index contributed by atoms with van der Waals surface area (Å²) in [6, 6.07) is 10.5. The number of rotatable bonds is 4. The third-order valence-electron chi connectivity index (χ3n) is 2.89. The van der Waals surface area contributed by atoms with Crippen molar-refractivity contribution in [3.05, 3.63) is 59.4 Å². The predicted molar refractivity (Wildman–Crippen MR) is 75.6 cm³/mol. The third kappa shape index (κ3) is 3.08. The van der Waals surface area contributed by atoms with Gasteiger partial charge in [0.1, 0.15) is 0 Å². The normalized spacial score (nSPS) is 12.2. The van der Waals surface area contributed by atoms with E-state index in [0.29, 0.717) is 6.54 Å². The first-order chi connectivity index (χ1) is 8.69. The number of benzene rings is 1. The van der Waals surface area contributed by atoms with Gasteiger partial charge in [-0.25, -0.2) is 0 Å². The van der Waals surface area contributed by atoms with Crippen molar-refractivity contribution in [2.45, 2.75) is 19.9 Å². The Morgan fingerprint density at radius 2 is 1.94 bits per heavy atom. The molecule has 0 aliphatic rings. The lowest BCUT2D eigenvalue weighted by atomic mass is 10.1. The van der Waals surface area contributed by atoms with Crippen LogP contribution >= 0.6 is 0 Å². The molecule has 0 saturated carbocycles. The molecule has 1 unspecified atom stereocenters. The zero-order chi connectivity index (χ0) is 13.0. The second-order valence-electron chi connectivity index (χ2n) is 4.60. The Labute approximate surface area is 108 Å². The summed E-state index contributed by atoms with van der Waals surface area (Å²) in [6.45, 7) is 4.73. The van der Waals surface area contributed by atoms with E-state index in [0.717, 1.165) is 11.3 Å². The number of hydrogen-bond donors (Lipinski definition) is 2. The van der Waals surface area contributed by atoms with Crippen LogP contribution in [0.1, 0.15) is 22.7 Å². The van der Waals surface area contributed by atoms with Gasteiger partial charge < -0.3 is 11.1 Å². The molecule has 3 nitrogen and oxygen atoms in total. The molecule has 0 aliphatic carbocycles. The van der Waals surface area contributed by atoms with Gasteiger partial charge in [-0.2, -0.15) is 0 Å². The van der Waals surface area contributed by atoms with Crippen molar-refractivity contribution in [1.29, 1.82) is 0 Å². The number of pyridine rings is 1. The minimum Gasteiger partial charge on any atom is -0.377 e. The molecule has 1 atom stereocenters. The fraction of sp³-hybridized carbons (Fsp3) is 0.267. The Kier molecular flexibility index (Phi) is 3.95. The van der Waals surface area contributed by atoms with Crippen molar-refractivity contribution in [2.24, 2.45) is 5.73 Å². The number of anilines is 1. The van der Waals surface area contributed by atoms with Gasteiger partial charge in [0.05, 0.1) is 6.04 Å². The summed E-state index contributed by atoms with van der Waals surface area (Å²) in [4.78, 5) is 4.13. The lowest BCUT2D eigenvalue weighted by Crippen LogP contribution is -2.20. The topological polar surface area (TPSA) is 50.9 Å². The van der Waals surface area contributed by atoms with Crippen LogP contribution in [0, 0.1) is 13.8 Å². The van der Waals surface area contributed by atoms with Gasteiger partial charge in [-0.3, -0.25) is 4.98 Å². The fourth-order valence-corrected chi connectivity index (χ4v) is 2.12. The van der Waals surface area contributed by atoms with E-state index in [-0.39, 0.29) is 6.04 Å². The highest BCUT2D eigenvalue weighted by Gasteiger charge is 2.09. The van der Waals surface area contributed by atoms with E-state index in [4.69, 9.17) is 5.73 Å². The monoisotopic (exact) mass is 241 g/mol. The highest BCUT2D eigenvalue weighted by atomic mass is 14.9. The van der Waals surface area contributed by atoms with Gasteiger partial charge in [0.2, 0.25) is 0 Å². The molecule has 0 amide bonds. The quantitative estimate of drug-likeness (QED) is 0.865. The Hall–Kier alpha value is -1.87. The molecule has 0 saturated heterocycles. The van der Waals surface area contributed by atoms with E-state index in [1.165, 1.54) is 11.1 Å². The van der Waals surface area contributed by atoms with Gasteiger partial charge in [0.25, 0.3) is 0 Å². The maximum atomic E-state index is 5.84. The number of hydrogen-bond acceptors (Lipinski definition) is 3. The zero-order valence-electron chi connectivity index (χ0n) is 10.9. The molecule has 0 radical (unpaired) electrons. The molecule has 0 fully saturated rings. The highest BCUT2D eigenvalue weighted by molar-refractivity contribution is 5.50. The van der Waals surface area contributed by atoms with E-state index < -0.39 is 0 Å². The number of nitrogens with zero attached hydrogens (tertiary/aromatic N) is 1. The number of nitrogens with two attached hydrogens (primary N) is 1. The summed E-state index contributed by atoms with van der Waals surface area (Å²) in [6.07, 6.45) is 3.63. The van der Waals surface area contributed by atoms with Crippen molar-refractivity contribution in [3.8, 4) is 0 Å². The Morgan fingerprint density at radius 3 is 2.50 bits per heavy atom. The zero-order valence-corrected chi connectivity index (χ0v) is 10.9. The summed E-state index contributed by atoms with van der Waals surface area (Å²) in [5.41, 5.74) is 10.6. The van der Waals surface area contributed by atoms with Crippen molar-refractivity contribution in [3.63, 3.8) is 0 Å². The van der Waals surface area contributed by atoms with Crippen molar-refractivity contribution >= 4 is 5.69 Å². The molecule has 2 aromatic rings. The fourth-order valence-electron chi connectivity index (χ4n) is 2.12. The molecule has 1 aromatic carbocycles. The maximum absolute atomic E-state index is 5.84. The second-order valence-corrected chi connectivity index (χ2v) is 4.60. The minimum absolute atomic E-state index is 0.0971. The molecule has 18 heavy (non-hydrogen) atoms. The van der Waals surface area contributed by atoms with Crippen LogP contribution < -0.4 is 11.1 Å². The van der Waals surface area contributed by atoms with Crippen molar-refractivity contribution in [1.82, 2.24) is 4.98 Å². The Morgan fingerprint density at radius 1 is 1.22 bits per heavy atom. The Bertz CT molecular complexity index is 488. The van der Waals surface area contributed by atoms with Crippen LogP contribution in [0.5, 0.6) is 0 Å². The van der Waals surface area contributed by atoms with Gasteiger partial charge in [0, 0.05) is 24.6 Å². The van der Waals surface area contributed by atoms with E-state index in [1.54, 1.807) is 6.20 Å². The summed E-state index contributed by atoms with van der Waals surface area (Å²) < 4.78 is 0. The van der Waals surface area contributed by atoms with Gasteiger partial charge in [0.15, 0.2) is 0 Å². The molecular formula is C15H19N3. The van der Waals surface area contributed by atoms with Crippen LogP contribution in [-0.2, 0) is 0 Å². The lowest BCUT2D eigenvalue weighted by Gasteiger charge is -2.19. The van der Waals surface area contributed by atoms with E-state index >= 15 is 0 Å².